The molecule has 1 unspecified atom stereocenters. The Balaban J connectivity index is 2.21. The summed E-state index contributed by atoms with van der Waals surface area (Å²) in [5, 5.41) is 17.3. The summed E-state index contributed by atoms with van der Waals surface area (Å²) in [6.45, 7) is 2.42. The van der Waals surface area contributed by atoms with E-state index in [9.17, 15) is 4.79 Å². The van der Waals surface area contributed by atoms with E-state index in [1.807, 2.05) is 13.0 Å². The number of aliphatic carboxylic acids is 1. The number of benzene rings is 1. The van der Waals surface area contributed by atoms with Crippen LogP contribution in [0.5, 0.6) is 5.75 Å². The van der Waals surface area contributed by atoms with Crippen LogP contribution in [-0.4, -0.2) is 28.7 Å². The molecule has 5 heteroatoms. The standard InChI is InChI=1S/C13H15NO3S/c1-10(8-13(15)16)18-7-6-17-12-4-2-11(9-14)3-5-12/h2-5,10H,6-8H2,1H3,(H,15,16). The lowest BCUT2D eigenvalue weighted by Crippen LogP contribution is -2.09. The summed E-state index contributed by atoms with van der Waals surface area (Å²) < 4.78 is 5.48. The second-order valence-corrected chi connectivity index (χ2v) is 5.31. The Morgan fingerprint density at radius 1 is 1.50 bits per heavy atom. The van der Waals surface area contributed by atoms with Gasteiger partial charge in [-0.15, -0.1) is 0 Å². The predicted octanol–water partition coefficient (Wildman–Crippen LogP) is 2.53. The van der Waals surface area contributed by atoms with Gasteiger partial charge in [-0.05, 0) is 24.3 Å². The summed E-state index contributed by atoms with van der Waals surface area (Å²) in [5.41, 5.74) is 0.604. The molecular formula is C13H15NO3S. The average molecular weight is 265 g/mol. The number of nitrogens with zero attached hydrogens (tertiary/aromatic N) is 1. The first kappa shape index (κ1) is 14.4. The SMILES string of the molecule is CC(CC(=O)O)SCCOc1ccc(C#N)cc1. The third-order valence-corrected chi connectivity index (χ3v) is 3.34. The van der Waals surface area contributed by atoms with Crippen LogP contribution in [0, 0.1) is 11.3 Å². The molecular weight excluding hydrogens is 250 g/mol. The molecule has 0 heterocycles. The van der Waals surface area contributed by atoms with Gasteiger partial charge in [-0.25, -0.2) is 0 Å². The van der Waals surface area contributed by atoms with Gasteiger partial charge in [0.05, 0.1) is 24.7 Å². The highest BCUT2D eigenvalue weighted by molar-refractivity contribution is 7.99. The maximum atomic E-state index is 10.5. The van der Waals surface area contributed by atoms with Gasteiger partial charge in [0, 0.05) is 11.0 Å². The molecule has 4 nitrogen and oxygen atoms in total. The van der Waals surface area contributed by atoms with E-state index in [1.54, 1.807) is 36.0 Å². The lowest BCUT2D eigenvalue weighted by Gasteiger charge is -2.09. The fourth-order valence-corrected chi connectivity index (χ4v) is 2.18. The summed E-state index contributed by atoms with van der Waals surface area (Å²) in [7, 11) is 0. The number of carbonyl (C=O) groups is 1. The first-order valence-electron chi connectivity index (χ1n) is 5.58. The lowest BCUT2D eigenvalue weighted by molar-refractivity contribution is -0.136. The van der Waals surface area contributed by atoms with Gasteiger partial charge in [0.25, 0.3) is 0 Å². The molecule has 0 aromatic heterocycles. The molecule has 0 aliphatic carbocycles. The van der Waals surface area contributed by atoms with Gasteiger partial charge < -0.3 is 9.84 Å². The maximum absolute atomic E-state index is 10.5. The fraction of sp³-hybridized carbons (Fsp3) is 0.385. The minimum Gasteiger partial charge on any atom is -0.493 e. The molecule has 0 radical (unpaired) electrons. The van der Waals surface area contributed by atoms with Crippen LogP contribution in [0.4, 0.5) is 0 Å². The van der Waals surface area contributed by atoms with Crippen molar-refractivity contribution in [1.82, 2.24) is 0 Å². The molecule has 0 fully saturated rings. The summed E-state index contributed by atoms with van der Waals surface area (Å²) in [6.07, 6.45) is 0.168. The minimum atomic E-state index is -0.775. The van der Waals surface area contributed by atoms with Gasteiger partial charge in [0.1, 0.15) is 5.75 Å². The largest absolute Gasteiger partial charge is 0.493 e. The highest BCUT2D eigenvalue weighted by Gasteiger charge is 2.07. The summed E-state index contributed by atoms with van der Waals surface area (Å²) in [5.74, 6) is 0.692. The number of carboxylic acids is 1. The Kier molecular flexibility index (Phi) is 6.09. The van der Waals surface area contributed by atoms with Gasteiger partial charge >= 0.3 is 5.97 Å². The molecule has 18 heavy (non-hydrogen) atoms. The van der Waals surface area contributed by atoms with E-state index < -0.39 is 5.97 Å². The normalized spacial score (nSPS) is 11.6. The molecule has 0 aliphatic heterocycles. The highest BCUT2D eigenvalue weighted by Crippen LogP contribution is 2.15. The summed E-state index contributed by atoms with van der Waals surface area (Å²) in [6, 6.07) is 8.95. The third-order valence-electron chi connectivity index (χ3n) is 2.20. The van der Waals surface area contributed by atoms with E-state index in [2.05, 4.69) is 0 Å². The zero-order valence-corrected chi connectivity index (χ0v) is 10.9. The number of hydrogen-bond acceptors (Lipinski definition) is 4. The lowest BCUT2D eigenvalue weighted by atomic mass is 10.2. The molecule has 0 bridgehead atoms. The molecule has 1 atom stereocenters. The smallest absolute Gasteiger partial charge is 0.304 e. The molecule has 0 saturated heterocycles. The zero-order chi connectivity index (χ0) is 13.4. The number of nitriles is 1. The van der Waals surface area contributed by atoms with Crippen molar-refractivity contribution in [1.29, 1.82) is 5.26 Å². The van der Waals surface area contributed by atoms with Gasteiger partial charge in [-0.3, -0.25) is 4.79 Å². The van der Waals surface area contributed by atoms with Crippen molar-refractivity contribution < 1.29 is 14.6 Å². The number of thioether (sulfide) groups is 1. The fourth-order valence-electron chi connectivity index (χ4n) is 1.34. The summed E-state index contributed by atoms with van der Waals surface area (Å²) in [4.78, 5) is 10.5. The van der Waals surface area contributed by atoms with Crippen molar-refractivity contribution in [2.45, 2.75) is 18.6 Å². The molecule has 96 valence electrons. The van der Waals surface area contributed by atoms with Crippen molar-refractivity contribution in [3.05, 3.63) is 29.8 Å². The van der Waals surface area contributed by atoms with Crippen LogP contribution in [-0.2, 0) is 4.79 Å². The van der Waals surface area contributed by atoms with E-state index >= 15 is 0 Å². The van der Waals surface area contributed by atoms with Crippen molar-refractivity contribution in [3.63, 3.8) is 0 Å². The van der Waals surface area contributed by atoms with Crippen LogP contribution in [0.1, 0.15) is 18.9 Å². The highest BCUT2D eigenvalue weighted by atomic mass is 32.2. The molecule has 1 aromatic carbocycles. The molecule has 0 saturated carbocycles. The van der Waals surface area contributed by atoms with E-state index in [-0.39, 0.29) is 11.7 Å². The monoisotopic (exact) mass is 265 g/mol. The van der Waals surface area contributed by atoms with Gasteiger partial charge in [-0.1, -0.05) is 6.92 Å². The average Bonchev–Trinajstić information content (AvgIpc) is 2.34. The summed E-state index contributed by atoms with van der Waals surface area (Å²) >= 11 is 1.57. The molecule has 1 rings (SSSR count). The van der Waals surface area contributed by atoms with Crippen LogP contribution in [0.2, 0.25) is 0 Å². The second-order valence-electron chi connectivity index (χ2n) is 3.76. The Bertz CT molecular complexity index is 425. The molecule has 1 N–H and O–H groups in total. The third kappa shape index (κ3) is 5.60. The molecule has 0 amide bonds. The van der Waals surface area contributed by atoms with E-state index in [1.165, 1.54) is 0 Å². The molecule has 1 aromatic rings. The van der Waals surface area contributed by atoms with Gasteiger partial charge in [0.15, 0.2) is 0 Å². The van der Waals surface area contributed by atoms with E-state index in [4.69, 9.17) is 15.1 Å². The second kappa shape index (κ2) is 7.62. The Labute approximate surface area is 111 Å². The van der Waals surface area contributed by atoms with Crippen LogP contribution in [0.25, 0.3) is 0 Å². The zero-order valence-electron chi connectivity index (χ0n) is 10.1. The van der Waals surface area contributed by atoms with Crippen molar-refractivity contribution in [3.8, 4) is 11.8 Å². The number of ether oxygens (including phenoxy) is 1. The topological polar surface area (TPSA) is 70.3 Å². The number of rotatable bonds is 7. The van der Waals surface area contributed by atoms with Gasteiger partial charge in [-0.2, -0.15) is 17.0 Å². The Morgan fingerprint density at radius 3 is 2.72 bits per heavy atom. The molecule has 0 spiro atoms. The Hall–Kier alpha value is -1.67. The van der Waals surface area contributed by atoms with E-state index in [0.717, 1.165) is 11.5 Å². The van der Waals surface area contributed by atoms with Crippen LogP contribution < -0.4 is 4.74 Å². The van der Waals surface area contributed by atoms with Crippen molar-refractivity contribution in [2.75, 3.05) is 12.4 Å². The van der Waals surface area contributed by atoms with Crippen LogP contribution >= 0.6 is 11.8 Å². The van der Waals surface area contributed by atoms with Crippen LogP contribution in [0.3, 0.4) is 0 Å². The number of hydrogen-bond donors (Lipinski definition) is 1. The minimum absolute atomic E-state index is 0.0899. The maximum Gasteiger partial charge on any atom is 0.304 e. The van der Waals surface area contributed by atoms with Gasteiger partial charge in [0.2, 0.25) is 0 Å². The quantitative estimate of drug-likeness (QED) is 0.767. The first-order valence-corrected chi connectivity index (χ1v) is 6.63. The van der Waals surface area contributed by atoms with Crippen molar-refractivity contribution in [2.24, 2.45) is 0 Å². The van der Waals surface area contributed by atoms with Crippen LogP contribution in [0.15, 0.2) is 24.3 Å². The Morgan fingerprint density at radius 2 is 2.17 bits per heavy atom. The molecule has 0 aliphatic rings. The van der Waals surface area contributed by atoms with Crippen molar-refractivity contribution >= 4 is 17.7 Å². The number of carboxylic acid groups (broad SMARTS) is 1. The first-order chi connectivity index (χ1) is 8.61. The predicted molar refractivity (Wildman–Crippen MR) is 70.8 cm³/mol. The van der Waals surface area contributed by atoms with E-state index in [0.29, 0.717) is 12.2 Å².